The first-order chi connectivity index (χ1) is 20.0. The predicted molar refractivity (Wildman–Crippen MR) is 176 cm³/mol. The van der Waals surface area contributed by atoms with Gasteiger partial charge < -0.3 is 20.4 Å². The van der Waals surface area contributed by atoms with Gasteiger partial charge in [0.25, 0.3) is 0 Å². The number of aldehydes is 1. The first-order valence-corrected chi connectivity index (χ1v) is 14.3. The average molecular weight is 616 g/mol. The van der Waals surface area contributed by atoms with Crippen LogP contribution in [-0.4, -0.2) is 37.0 Å². The van der Waals surface area contributed by atoms with E-state index in [9.17, 15) is 4.79 Å². The van der Waals surface area contributed by atoms with Crippen molar-refractivity contribution in [3.05, 3.63) is 136 Å². The summed E-state index contributed by atoms with van der Waals surface area (Å²) in [6.07, 6.45) is 21.3. The molecule has 1 aromatic carbocycles. The number of carbonyl (C=O) groups is 1. The minimum Gasteiger partial charge on any atom is -0.496 e. The number of allylic oxidation sites excluding steroid dienone is 12. The first-order valence-electron chi connectivity index (χ1n) is 13.5. The van der Waals surface area contributed by atoms with Crippen LogP contribution in [0.15, 0.2) is 130 Å². The lowest BCUT2D eigenvalue weighted by Crippen LogP contribution is -2.13. The van der Waals surface area contributed by atoms with Crippen molar-refractivity contribution < 1.29 is 9.53 Å². The molecule has 7 heteroatoms. The van der Waals surface area contributed by atoms with Crippen molar-refractivity contribution >= 4 is 38.8 Å². The Morgan fingerprint density at radius 3 is 2.68 bits per heavy atom. The van der Waals surface area contributed by atoms with Crippen molar-refractivity contribution in [1.29, 1.82) is 0 Å². The van der Waals surface area contributed by atoms with Crippen molar-refractivity contribution in [2.45, 2.75) is 27.2 Å². The summed E-state index contributed by atoms with van der Waals surface area (Å²) in [6.45, 7) is 10.8. The number of nitrogens with zero attached hydrogens (tertiary/aromatic N) is 1. The highest BCUT2D eigenvalue weighted by molar-refractivity contribution is 9.12. The van der Waals surface area contributed by atoms with Crippen LogP contribution in [0.2, 0.25) is 0 Å². The molecule has 0 saturated carbocycles. The maximum Gasteiger partial charge on any atom is 0.157 e. The third kappa shape index (κ3) is 10.6. The molecule has 2 aliphatic rings. The number of fused-ring (bicyclic) bond motifs is 1. The third-order valence-electron chi connectivity index (χ3n) is 5.80. The van der Waals surface area contributed by atoms with Gasteiger partial charge in [-0.25, -0.2) is 4.98 Å². The van der Waals surface area contributed by atoms with E-state index >= 15 is 0 Å². The van der Waals surface area contributed by atoms with Crippen molar-refractivity contribution in [2.75, 3.05) is 20.7 Å². The number of hydrogen-bond donors (Lipinski definition) is 3. The number of carbonyl (C=O) groups excluding carboxylic acids is 1. The van der Waals surface area contributed by atoms with Crippen LogP contribution >= 0.6 is 15.9 Å². The maximum atomic E-state index is 10.4. The van der Waals surface area contributed by atoms with E-state index in [-0.39, 0.29) is 0 Å². The molecule has 0 radical (unpaired) electrons. The lowest BCUT2D eigenvalue weighted by atomic mass is 10.2. The lowest BCUT2D eigenvalue weighted by molar-refractivity contribution is -0.104. The third-order valence-corrected chi connectivity index (χ3v) is 6.42. The molecule has 6 nitrogen and oxygen atoms in total. The summed E-state index contributed by atoms with van der Waals surface area (Å²) < 4.78 is 5.77. The maximum absolute atomic E-state index is 10.4. The molecule has 0 bridgehead atoms. The monoisotopic (exact) mass is 614 g/mol. The fourth-order valence-electron chi connectivity index (χ4n) is 3.61. The molecule has 0 unspecified atom stereocenters. The number of benzene rings is 1. The number of halogens is 1. The molecule has 1 aromatic heterocycles. The zero-order valence-electron chi connectivity index (χ0n) is 24.4. The second kappa shape index (κ2) is 18.1. The van der Waals surface area contributed by atoms with Gasteiger partial charge in [-0.05, 0) is 83.4 Å². The molecule has 214 valence electrons. The molecule has 1 heterocycles. The molecule has 0 atom stereocenters. The van der Waals surface area contributed by atoms with Crippen LogP contribution in [0.3, 0.4) is 0 Å². The number of H-pyrrole nitrogens is 1. The molecule has 4 rings (SSSR count). The minimum atomic E-state index is 0.491. The topological polar surface area (TPSA) is 79.0 Å². The highest BCUT2D eigenvalue weighted by Crippen LogP contribution is 2.21. The van der Waals surface area contributed by atoms with Crippen LogP contribution in [0, 0.1) is 0 Å². The van der Waals surface area contributed by atoms with E-state index in [4.69, 9.17) is 4.74 Å². The summed E-state index contributed by atoms with van der Waals surface area (Å²) in [4.78, 5) is 18.4. The number of para-hydroxylation sites is 2. The van der Waals surface area contributed by atoms with Gasteiger partial charge in [-0.1, -0.05) is 56.9 Å². The largest absolute Gasteiger partial charge is 0.496 e. The summed E-state index contributed by atoms with van der Waals surface area (Å²) in [7, 11) is 3.51. The van der Waals surface area contributed by atoms with E-state index in [0.29, 0.717) is 11.3 Å². The van der Waals surface area contributed by atoms with Crippen LogP contribution in [-0.2, 0) is 9.53 Å². The first kappa shape index (κ1) is 32.9. The van der Waals surface area contributed by atoms with Crippen molar-refractivity contribution in [3.8, 4) is 0 Å². The molecule has 41 heavy (non-hydrogen) atoms. The molecule has 0 saturated heterocycles. The normalized spacial score (nSPS) is 14.7. The van der Waals surface area contributed by atoms with E-state index in [1.165, 1.54) is 5.57 Å². The van der Waals surface area contributed by atoms with Crippen LogP contribution in [0.4, 0.5) is 0 Å². The number of ether oxygens (including phenoxy) is 1. The van der Waals surface area contributed by atoms with Crippen molar-refractivity contribution in [1.82, 2.24) is 20.6 Å². The van der Waals surface area contributed by atoms with Crippen LogP contribution in [0.1, 0.15) is 33.0 Å². The van der Waals surface area contributed by atoms with E-state index in [2.05, 4.69) is 86.1 Å². The fourth-order valence-corrected chi connectivity index (χ4v) is 4.15. The number of hydrogen-bond acceptors (Lipinski definition) is 5. The Hall–Kier alpha value is -4.32. The van der Waals surface area contributed by atoms with Gasteiger partial charge in [0.2, 0.25) is 0 Å². The van der Waals surface area contributed by atoms with Crippen molar-refractivity contribution in [2.24, 2.45) is 0 Å². The van der Waals surface area contributed by atoms with Gasteiger partial charge in [-0.3, -0.25) is 4.79 Å². The van der Waals surface area contributed by atoms with Crippen molar-refractivity contribution in [3.63, 3.8) is 0 Å². The second-order valence-corrected chi connectivity index (χ2v) is 9.36. The van der Waals surface area contributed by atoms with Crippen LogP contribution in [0.25, 0.3) is 16.6 Å². The molecular weight excluding hydrogens is 576 g/mol. The SMILES string of the molecule is C=C/C(=C\C=C(/C)NCC1=CCC=C(NC)C=C1)c1nc2ccccc2[nH]1.CC.COC1=CC=C=C(C=O)C=C1Br. The summed E-state index contributed by atoms with van der Waals surface area (Å²) in [5.74, 6) is 1.51. The smallest absolute Gasteiger partial charge is 0.157 e. The summed E-state index contributed by atoms with van der Waals surface area (Å²) in [6, 6.07) is 8.02. The average Bonchev–Trinajstić information content (AvgIpc) is 3.17. The van der Waals surface area contributed by atoms with E-state index < -0.39 is 0 Å². The lowest BCUT2D eigenvalue weighted by Gasteiger charge is -2.07. The number of aromatic amines is 1. The molecule has 3 N–H and O–H groups in total. The molecule has 0 spiro atoms. The van der Waals surface area contributed by atoms with Crippen LogP contribution in [0.5, 0.6) is 0 Å². The van der Waals surface area contributed by atoms with Gasteiger partial charge in [0.15, 0.2) is 6.29 Å². The van der Waals surface area contributed by atoms with Gasteiger partial charge in [0.05, 0.1) is 28.2 Å². The molecule has 2 aliphatic carbocycles. The predicted octanol–water partition coefficient (Wildman–Crippen LogP) is 7.73. The standard InChI is InChI=1S/C23H26N4.C9H7BrO2.C2H6/c1-4-19(23-26-21-10-5-6-11-22(21)27-23)14-12-17(2)25-16-18-8-7-9-20(24-3)15-13-18;1-12-9-4-2-3-7(6-11)5-8(9)10;1-2/h4-6,8-15,24-25H,1,7,16H2,2-3H3,(H,26,27);2,4-6H,1H3;1-2H3/b17-12+,19-14+;;. The van der Waals surface area contributed by atoms with Gasteiger partial charge in [0, 0.05) is 30.6 Å². The Labute approximate surface area is 252 Å². The summed E-state index contributed by atoms with van der Waals surface area (Å²) >= 11 is 3.27. The van der Waals surface area contributed by atoms with Gasteiger partial charge >= 0.3 is 0 Å². The van der Waals surface area contributed by atoms with E-state index in [0.717, 1.165) is 57.6 Å². The summed E-state index contributed by atoms with van der Waals surface area (Å²) in [5, 5.41) is 6.64. The Morgan fingerprint density at radius 1 is 1.22 bits per heavy atom. The number of aromatic nitrogens is 2. The Balaban J connectivity index is 0.000000352. The van der Waals surface area contributed by atoms with Gasteiger partial charge in [0.1, 0.15) is 11.6 Å². The Kier molecular flexibility index (Phi) is 14.5. The van der Waals surface area contributed by atoms with Gasteiger partial charge in [-0.2, -0.15) is 0 Å². The molecule has 2 aromatic rings. The zero-order valence-corrected chi connectivity index (χ0v) is 26.0. The Morgan fingerprint density at radius 2 is 2.00 bits per heavy atom. The Bertz CT molecular complexity index is 1460. The summed E-state index contributed by atoms with van der Waals surface area (Å²) in [5.41, 5.74) is 9.74. The van der Waals surface area contributed by atoms with E-state index in [1.54, 1.807) is 25.3 Å². The molecule has 0 amide bonds. The fraction of sp³-hybridized carbons (Fsp3) is 0.206. The molecule has 0 aliphatic heterocycles. The quantitative estimate of drug-likeness (QED) is 0.153. The highest BCUT2D eigenvalue weighted by atomic mass is 79.9. The number of likely N-dealkylation sites (N-methyl/N-ethyl adjacent to an activating group) is 1. The second-order valence-electron chi connectivity index (χ2n) is 8.50. The highest BCUT2D eigenvalue weighted by Gasteiger charge is 2.05. The van der Waals surface area contributed by atoms with E-state index in [1.807, 2.05) is 57.3 Å². The zero-order chi connectivity index (χ0) is 30.0. The number of nitrogens with one attached hydrogen (secondary N) is 3. The molecule has 0 fully saturated rings. The number of imidazole rings is 1. The number of rotatable bonds is 9. The number of methoxy groups -OCH3 is 1. The van der Waals surface area contributed by atoms with Gasteiger partial charge in [-0.15, -0.1) is 5.73 Å². The van der Waals surface area contributed by atoms with Crippen LogP contribution < -0.4 is 10.6 Å². The molecular formula is C34H39BrN4O2. The minimum absolute atomic E-state index is 0.491.